The van der Waals surface area contributed by atoms with Crippen LogP contribution in [0.3, 0.4) is 0 Å². The van der Waals surface area contributed by atoms with Gasteiger partial charge in [-0.2, -0.15) is 0 Å². The quantitative estimate of drug-likeness (QED) is 0.264. The third-order valence-electron chi connectivity index (χ3n) is 1.45. The lowest BCUT2D eigenvalue weighted by Crippen LogP contribution is -2.09. The maximum Gasteiger partial charge on any atom is 0.414 e. The van der Waals surface area contributed by atoms with Crippen molar-refractivity contribution in [3.63, 3.8) is 0 Å². The number of benzene rings is 1. The number of anilines is 1. The highest BCUT2D eigenvalue weighted by atomic mass is 32.2. The highest BCUT2D eigenvalue weighted by molar-refractivity contribution is 7.98. The van der Waals surface area contributed by atoms with Gasteiger partial charge in [0, 0.05) is 4.90 Å². The number of hydrazine groups is 1. The number of rotatable bonds is 2. The van der Waals surface area contributed by atoms with Crippen molar-refractivity contribution >= 4 is 29.4 Å². The van der Waals surface area contributed by atoms with Crippen LogP contribution in [0.15, 0.2) is 29.2 Å². The second-order valence-electron chi connectivity index (χ2n) is 2.45. The standard InChI is InChI=1S/C7H10N2S.C2H2O4/c1-10-7-5-3-2-4-6(7)9-8;3-1(4)2(5)6/h2-5,9H,8H2,1H3;(H,3,4)(H,5,6). The van der Waals surface area contributed by atoms with Crippen molar-refractivity contribution in [2.75, 3.05) is 11.7 Å². The van der Waals surface area contributed by atoms with Crippen molar-refractivity contribution in [3.8, 4) is 0 Å². The van der Waals surface area contributed by atoms with Crippen LogP contribution < -0.4 is 11.3 Å². The third-order valence-corrected chi connectivity index (χ3v) is 2.24. The first-order valence-corrected chi connectivity index (χ1v) is 5.31. The Morgan fingerprint density at radius 1 is 1.25 bits per heavy atom. The molecule has 0 aromatic heterocycles. The minimum absolute atomic E-state index is 0.981. The predicted octanol–water partition coefficient (Wildman–Crippen LogP) is 0.850. The van der Waals surface area contributed by atoms with Crippen molar-refractivity contribution in [3.05, 3.63) is 24.3 Å². The molecule has 0 atom stereocenters. The van der Waals surface area contributed by atoms with E-state index in [1.165, 1.54) is 4.90 Å². The van der Waals surface area contributed by atoms with E-state index in [2.05, 4.69) is 5.43 Å². The van der Waals surface area contributed by atoms with Crippen LogP contribution in [0.4, 0.5) is 5.69 Å². The Morgan fingerprint density at radius 2 is 1.75 bits per heavy atom. The molecule has 1 aromatic carbocycles. The topological polar surface area (TPSA) is 113 Å². The summed E-state index contributed by atoms with van der Waals surface area (Å²) in [5.41, 5.74) is 3.61. The second kappa shape index (κ2) is 7.55. The number of carboxylic acids is 2. The summed E-state index contributed by atoms with van der Waals surface area (Å²) in [5, 5.41) is 14.8. The fourth-order valence-corrected chi connectivity index (χ4v) is 1.33. The number of hydrogen-bond acceptors (Lipinski definition) is 5. The van der Waals surface area contributed by atoms with E-state index in [1.807, 2.05) is 30.5 Å². The Labute approximate surface area is 96.4 Å². The predicted molar refractivity (Wildman–Crippen MR) is 61.3 cm³/mol. The van der Waals surface area contributed by atoms with Gasteiger partial charge in [-0.15, -0.1) is 11.8 Å². The molecule has 5 N–H and O–H groups in total. The highest BCUT2D eigenvalue weighted by Crippen LogP contribution is 2.23. The molecular formula is C9H12N2O4S. The molecule has 0 spiro atoms. The zero-order valence-electron chi connectivity index (χ0n) is 8.51. The maximum atomic E-state index is 9.10. The van der Waals surface area contributed by atoms with Crippen LogP contribution in [-0.2, 0) is 9.59 Å². The van der Waals surface area contributed by atoms with Crippen molar-refractivity contribution in [1.82, 2.24) is 0 Å². The first-order chi connectivity index (χ1) is 7.52. The number of carboxylic acid groups (broad SMARTS) is 2. The minimum Gasteiger partial charge on any atom is -0.473 e. The van der Waals surface area contributed by atoms with Crippen LogP contribution in [-0.4, -0.2) is 28.4 Å². The zero-order chi connectivity index (χ0) is 12.6. The Hall–Kier alpha value is -1.73. The Kier molecular flexibility index (Phi) is 6.73. The molecule has 0 aliphatic rings. The summed E-state index contributed by atoms with van der Waals surface area (Å²) < 4.78 is 0. The summed E-state index contributed by atoms with van der Waals surface area (Å²) in [5.74, 6) is 1.61. The fourth-order valence-electron chi connectivity index (χ4n) is 0.764. The molecule has 0 heterocycles. The van der Waals surface area contributed by atoms with Gasteiger partial charge in [-0.25, -0.2) is 9.59 Å². The SMILES string of the molecule is CSc1ccccc1NN.O=C(O)C(=O)O. The van der Waals surface area contributed by atoms with Gasteiger partial charge in [-0.3, -0.25) is 5.84 Å². The van der Waals surface area contributed by atoms with E-state index >= 15 is 0 Å². The van der Waals surface area contributed by atoms with Crippen molar-refractivity contribution in [1.29, 1.82) is 0 Å². The molecule has 0 saturated carbocycles. The third kappa shape index (κ3) is 5.23. The average Bonchev–Trinajstić information content (AvgIpc) is 2.29. The number of nitrogen functional groups attached to an aromatic ring is 1. The monoisotopic (exact) mass is 244 g/mol. The summed E-state index contributed by atoms with van der Waals surface area (Å²) in [6.07, 6.45) is 2.02. The number of thioether (sulfide) groups is 1. The van der Waals surface area contributed by atoms with Crippen molar-refractivity contribution in [2.24, 2.45) is 5.84 Å². The molecule has 0 bridgehead atoms. The van der Waals surface area contributed by atoms with E-state index in [4.69, 9.17) is 25.6 Å². The molecule has 0 aliphatic heterocycles. The van der Waals surface area contributed by atoms with Crippen LogP contribution in [0.5, 0.6) is 0 Å². The number of hydrogen-bond donors (Lipinski definition) is 4. The van der Waals surface area contributed by atoms with Gasteiger partial charge >= 0.3 is 11.9 Å². The molecule has 0 radical (unpaired) electrons. The summed E-state index contributed by atoms with van der Waals surface area (Å²) in [6.45, 7) is 0. The zero-order valence-corrected chi connectivity index (χ0v) is 9.32. The first kappa shape index (κ1) is 14.3. The van der Waals surface area contributed by atoms with Gasteiger partial charge in [0.15, 0.2) is 0 Å². The molecule has 7 heteroatoms. The number of nitrogens with two attached hydrogens (primary N) is 1. The van der Waals surface area contributed by atoms with E-state index in [9.17, 15) is 0 Å². The maximum absolute atomic E-state index is 9.10. The Bertz CT molecular complexity index is 335. The van der Waals surface area contributed by atoms with E-state index in [1.54, 1.807) is 11.8 Å². The molecule has 0 aliphatic carbocycles. The van der Waals surface area contributed by atoms with E-state index in [-0.39, 0.29) is 0 Å². The number of carbonyl (C=O) groups is 2. The lowest BCUT2D eigenvalue weighted by Gasteiger charge is -2.03. The lowest BCUT2D eigenvalue weighted by molar-refractivity contribution is -0.159. The van der Waals surface area contributed by atoms with Gasteiger partial charge in [0.2, 0.25) is 0 Å². The van der Waals surface area contributed by atoms with Crippen LogP contribution in [0, 0.1) is 0 Å². The minimum atomic E-state index is -1.82. The molecule has 88 valence electrons. The summed E-state index contributed by atoms with van der Waals surface area (Å²) in [4.78, 5) is 19.4. The molecule has 1 aromatic rings. The largest absolute Gasteiger partial charge is 0.473 e. The summed E-state index contributed by atoms with van der Waals surface area (Å²) >= 11 is 1.68. The normalized spacial score (nSPS) is 8.62. The Balaban J connectivity index is 0.000000325. The molecular weight excluding hydrogens is 232 g/mol. The number of para-hydroxylation sites is 1. The molecule has 0 saturated heterocycles. The van der Waals surface area contributed by atoms with Crippen LogP contribution in [0.1, 0.15) is 0 Å². The smallest absolute Gasteiger partial charge is 0.414 e. The first-order valence-electron chi connectivity index (χ1n) is 4.08. The van der Waals surface area contributed by atoms with Gasteiger partial charge in [0.25, 0.3) is 0 Å². The van der Waals surface area contributed by atoms with E-state index in [0.29, 0.717) is 0 Å². The van der Waals surface area contributed by atoms with Crippen LogP contribution >= 0.6 is 11.8 Å². The van der Waals surface area contributed by atoms with E-state index in [0.717, 1.165) is 5.69 Å². The Morgan fingerprint density at radius 3 is 2.06 bits per heavy atom. The fraction of sp³-hybridized carbons (Fsp3) is 0.111. The molecule has 0 amide bonds. The lowest BCUT2D eigenvalue weighted by atomic mass is 10.3. The van der Waals surface area contributed by atoms with Crippen molar-refractivity contribution in [2.45, 2.75) is 4.90 Å². The van der Waals surface area contributed by atoms with Gasteiger partial charge in [-0.05, 0) is 18.4 Å². The number of aliphatic carboxylic acids is 2. The molecule has 16 heavy (non-hydrogen) atoms. The second-order valence-corrected chi connectivity index (χ2v) is 3.30. The number of nitrogens with one attached hydrogen (secondary N) is 1. The molecule has 1 rings (SSSR count). The van der Waals surface area contributed by atoms with Gasteiger partial charge < -0.3 is 15.6 Å². The highest BCUT2D eigenvalue weighted by Gasteiger charge is 2.04. The van der Waals surface area contributed by atoms with Gasteiger partial charge in [0.1, 0.15) is 0 Å². The molecule has 0 unspecified atom stereocenters. The van der Waals surface area contributed by atoms with Crippen LogP contribution in [0.25, 0.3) is 0 Å². The average molecular weight is 244 g/mol. The van der Waals surface area contributed by atoms with Crippen LogP contribution in [0.2, 0.25) is 0 Å². The van der Waals surface area contributed by atoms with Gasteiger partial charge in [-0.1, -0.05) is 12.1 Å². The van der Waals surface area contributed by atoms with Gasteiger partial charge in [0.05, 0.1) is 5.69 Å². The van der Waals surface area contributed by atoms with E-state index < -0.39 is 11.9 Å². The van der Waals surface area contributed by atoms with Crippen molar-refractivity contribution < 1.29 is 19.8 Å². The molecule has 0 fully saturated rings. The molecule has 6 nitrogen and oxygen atoms in total. The summed E-state index contributed by atoms with van der Waals surface area (Å²) in [7, 11) is 0. The summed E-state index contributed by atoms with van der Waals surface area (Å²) in [6, 6.07) is 7.92.